The molecule has 0 radical (unpaired) electrons. The van der Waals surface area contributed by atoms with E-state index in [9.17, 15) is 18.7 Å². The number of aryl methyl sites for hydroxylation is 1. The van der Waals surface area contributed by atoms with Gasteiger partial charge < -0.3 is 5.11 Å². The number of rotatable bonds is 4. The van der Waals surface area contributed by atoms with E-state index < -0.39 is 22.9 Å². The quantitative estimate of drug-likeness (QED) is 0.346. The second-order valence-corrected chi connectivity index (χ2v) is 8.39. The molecule has 0 aliphatic heterocycles. The predicted octanol–water partition coefficient (Wildman–Crippen LogP) is 5.08. The van der Waals surface area contributed by atoms with Crippen molar-refractivity contribution in [2.45, 2.75) is 17.8 Å². The fraction of sp³-hybridized carbons (Fsp3) is 0.105. The highest BCUT2D eigenvalue weighted by Crippen LogP contribution is 2.29. The molecule has 0 aliphatic rings. The van der Waals surface area contributed by atoms with E-state index in [1.165, 1.54) is 17.3 Å². The second kappa shape index (κ2) is 7.74. The van der Waals surface area contributed by atoms with Gasteiger partial charge in [0.2, 0.25) is 0 Å². The molecule has 2 aromatic carbocycles. The number of aromatic nitrogens is 3. The Hall–Kier alpha value is -2.49. The Morgan fingerprint density at radius 3 is 2.66 bits per heavy atom. The first kappa shape index (κ1) is 19.8. The molecule has 0 fully saturated rings. The zero-order valence-electron chi connectivity index (χ0n) is 14.8. The van der Waals surface area contributed by atoms with Crippen LogP contribution in [0.1, 0.15) is 11.1 Å². The predicted molar refractivity (Wildman–Crippen MR) is 110 cm³/mol. The summed E-state index contributed by atoms with van der Waals surface area (Å²) in [5.41, 5.74) is 3.14. The van der Waals surface area contributed by atoms with Crippen LogP contribution in [0.4, 0.5) is 8.78 Å². The third kappa shape index (κ3) is 3.73. The summed E-state index contributed by atoms with van der Waals surface area (Å²) < 4.78 is 29.3. The normalized spacial score (nSPS) is 11.3. The molecule has 0 aliphatic carbocycles. The number of aromatic hydroxyl groups is 1. The molecule has 5 nitrogen and oxygen atoms in total. The molecule has 0 amide bonds. The van der Waals surface area contributed by atoms with Gasteiger partial charge in [0.1, 0.15) is 4.70 Å². The van der Waals surface area contributed by atoms with Gasteiger partial charge in [0.05, 0.1) is 11.2 Å². The highest BCUT2D eigenvalue weighted by Gasteiger charge is 2.19. The molecular weight excluding hydrogens is 440 g/mol. The van der Waals surface area contributed by atoms with Crippen molar-refractivity contribution in [1.82, 2.24) is 14.5 Å². The number of benzene rings is 2. The van der Waals surface area contributed by atoms with Crippen molar-refractivity contribution >= 4 is 45.0 Å². The van der Waals surface area contributed by atoms with Crippen molar-refractivity contribution < 1.29 is 13.9 Å². The van der Waals surface area contributed by atoms with Gasteiger partial charge in [0, 0.05) is 22.9 Å². The summed E-state index contributed by atoms with van der Waals surface area (Å²) in [6, 6.07) is 7.25. The third-order valence-corrected chi connectivity index (χ3v) is 6.29. The molecule has 0 unspecified atom stereocenters. The monoisotopic (exact) mass is 451 g/mol. The molecule has 0 saturated carbocycles. The molecule has 0 spiro atoms. The average Bonchev–Trinajstić information content (AvgIpc) is 3.14. The Morgan fingerprint density at radius 2 is 1.97 bits per heavy atom. The molecule has 0 saturated heterocycles. The lowest BCUT2D eigenvalue weighted by Crippen LogP contribution is -2.21. The minimum Gasteiger partial charge on any atom is -0.503 e. The fourth-order valence-electron chi connectivity index (χ4n) is 2.76. The van der Waals surface area contributed by atoms with Gasteiger partial charge >= 0.3 is 0 Å². The van der Waals surface area contributed by atoms with Crippen molar-refractivity contribution in [2.24, 2.45) is 0 Å². The molecule has 2 aromatic heterocycles. The van der Waals surface area contributed by atoms with Gasteiger partial charge in [-0.2, -0.15) is 0 Å². The van der Waals surface area contributed by atoms with Crippen molar-refractivity contribution in [2.75, 3.05) is 0 Å². The molecule has 10 heteroatoms. The standard InChI is InChI=1S/C19H12ClF2N3O2S2/c1-9-4-11(20)3-2-10(9)7-28-19-24-17-16(29-8-23-17)18(27)25(19)12-5-13(21)15(26)14(22)6-12/h2-6,8,26H,7H2,1H3. The van der Waals surface area contributed by atoms with Crippen LogP contribution in [-0.4, -0.2) is 19.6 Å². The molecular formula is C19H12ClF2N3O2S2. The van der Waals surface area contributed by atoms with Crippen molar-refractivity contribution in [3.05, 3.63) is 74.0 Å². The van der Waals surface area contributed by atoms with E-state index >= 15 is 0 Å². The summed E-state index contributed by atoms with van der Waals surface area (Å²) in [5.74, 6) is -2.98. The molecule has 4 rings (SSSR count). The number of hydrogen-bond acceptors (Lipinski definition) is 6. The van der Waals surface area contributed by atoms with E-state index in [4.69, 9.17) is 11.6 Å². The highest BCUT2D eigenvalue weighted by atomic mass is 35.5. The molecule has 2 heterocycles. The number of hydrogen-bond donors (Lipinski definition) is 1. The Kier molecular flexibility index (Phi) is 5.28. The summed E-state index contributed by atoms with van der Waals surface area (Å²) in [6.45, 7) is 1.91. The zero-order chi connectivity index (χ0) is 20.7. The van der Waals surface area contributed by atoms with Crippen LogP contribution in [0.25, 0.3) is 16.0 Å². The topological polar surface area (TPSA) is 68.0 Å². The summed E-state index contributed by atoms with van der Waals surface area (Å²) in [5, 5.41) is 10.2. The Bertz CT molecular complexity index is 1280. The van der Waals surface area contributed by atoms with Gasteiger partial charge in [-0.15, -0.1) is 11.3 Å². The Morgan fingerprint density at radius 1 is 1.24 bits per heavy atom. The lowest BCUT2D eigenvalue weighted by Gasteiger charge is -2.13. The van der Waals surface area contributed by atoms with Gasteiger partial charge in [-0.25, -0.2) is 18.7 Å². The molecule has 0 bridgehead atoms. The van der Waals surface area contributed by atoms with E-state index in [1.807, 2.05) is 19.1 Å². The van der Waals surface area contributed by atoms with E-state index in [-0.39, 0.29) is 21.2 Å². The lowest BCUT2D eigenvalue weighted by atomic mass is 10.1. The van der Waals surface area contributed by atoms with Crippen LogP contribution in [0.3, 0.4) is 0 Å². The fourth-order valence-corrected chi connectivity index (χ4v) is 4.72. The van der Waals surface area contributed by atoms with Crippen LogP contribution in [0.5, 0.6) is 5.75 Å². The highest BCUT2D eigenvalue weighted by molar-refractivity contribution is 7.98. The summed E-state index contributed by atoms with van der Waals surface area (Å²) in [4.78, 5) is 21.5. The van der Waals surface area contributed by atoms with Gasteiger partial charge in [-0.05, 0) is 30.2 Å². The van der Waals surface area contributed by atoms with E-state index in [1.54, 1.807) is 6.07 Å². The number of thiazole rings is 1. The van der Waals surface area contributed by atoms with Gasteiger partial charge in [0.25, 0.3) is 5.56 Å². The molecule has 1 N–H and O–H groups in total. The number of phenols is 1. The number of thioether (sulfide) groups is 1. The lowest BCUT2D eigenvalue weighted by molar-refractivity contribution is 0.395. The largest absolute Gasteiger partial charge is 0.503 e. The van der Waals surface area contributed by atoms with Gasteiger partial charge in [-0.1, -0.05) is 29.4 Å². The van der Waals surface area contributed by atoms with E-state index in [0.29, 0.717) is 10.8 Å². The summed E-state index contributed by atoms with van der Waals surface area (Å²) >= 11 is 8.32. The second-order valence-electron chi connectivity index (χ2n) is 6.16. The molecule has 148 valence electrons. The summed E-state index contributed by atoms with van der Waals surface area (Å²) in [6.07, 6.45) is 0. The van der Waals surface area contributed by atoms with Crippen LogP contribution >= 0.6 is 34.7 Å². The zero-order valence-corrected chi connectivity index (χ0v) is 17.2. The Labute approximate surface area is 176 Å². The minimum absolute atomic E-state index is 0.0686. The van der Waals surface area contributed by atoms with E-state index in [0.717, 1.165) is 39.2 Å². The maximum absolute atomic E-state index is 13.9. The first-order chi connectivity index (χ1) is 13.8. The van der Waals surface area contributed by atoms with Crippen molar-refractivity contribution in [3.8, 4) is 11.4 Å². The first-order valence-corrected chi connectivity index (χ1v) is 10.5. The number of phenolic OH excluding ortho intramolecular Hbond substituents is 1. The average molecular weight is 452 g/mol. The van der Waals surface area contributed by atoms with Crippen LogP contribution in [0.2, 0.25) is 5.02 Å². The molecule has 4 aromatic rings. The maximum atomic E-state index is 13.9. The van der Waals surface area contributed by atoms with Crippen LogP contribution in [0, 0.1) is 18.6 Å². The van der Waals surface area contributed by atoms with Crippen LogP contribution in [0.15, 0.2) is 45.8 Å². The van der Waals surface area contributed by atoms with Gasteiger partial charge in [0.15, 0.2) is 28.2 Å². The van der Waals surface area contributed by atoms with Crippen molar-refractivity contribution in [3.63, 3.8) is 0 Å². The molecule has 0 atom stereocenters. The molecule has 29 heavy (non-hydrogen) atoms. The van der Waals surface area contributed by atoms with E-state index in [2.05, 4.69) is 9.97 Å². The SMILES string of the molecule is Cc1cc(Cl)ccc1CSc1nc2ncsc2c(=O)n1-c1cc(F)c(O)c(F)c1. The minimum atomic E-state index is -1.17. The third-order valence-electron chi connectivity index (χ3n) is 4.26. The Balaban J connectivity index is 1.84. The van der Waals surface area contributed by atoms with Crippen LogP contribution in [-0.2, 0) is 5.75 Å². The first-order valence-electron chi connectivity index (χ1n) is 8.27. The van der Waals surface area contributed by atoms with Crippen molar-refractivity contribution in [1.29, 1.82) is 0 Å². The number of fused-ring (bicyclic) bond motifs is 1. The smallest absolute Gasteiger partial charge is 0.278 e. The number of halogens is 3. The van der Waals surface area contributed by atoms with Gasteiger partial charge in [-0.3, -0.25) is 9.36 Å². The summed E-state index contributed by atoms with van der Waals surface area (Å²) in [7, 11) is 0. The van der Waals surface area contributed by atoms with Crippen LogP contribution < -0.4 is 5.56 Å². The number of nitrogens with zero attached hydrogens (tertiary/aromatic N) is 3. The maximum Gasteiger partial charge on any atom is 0.278 e.